The molecule has 0 aliphatic heterocycles. The predicted octanol–water partition coefficient (Wildman–Crippen LogP) is 4.33. The van der Waals surface area contributed by atoms with E-state index < -0.39 is 24.0 Å². The van der Waals surface area contributed by atoms with Crippen molar-refractivity contribution in [2.24, 2.45) is 0 Å². The van der Waals surface area contributed by atoms with Crippen molar-refractivity contribution in [3.63, 3.8) is 0 Å². The number of benzene rings is 1. The number of alkyl halides is 5. The lowest BCUT2D eigenvalue weighted by atomic mass is 10.2. The van der Waals surface area contributed by atoms with Crippen LogP contribution in [0.15, 0.2) is 36.7 Å². The summed E-state index contributed by atoms with van der Waals surface area (Å²) in [7, 11) is 0. The number of hydrogen-bond acceptors (Lipinski definition) is 3. The molecule has 0 atom stereocenters. The van der Waals surface area contributed by atoms with E-state index in [0.29, 0.717) is 15.3 Å². The van der Waals surface area contributed by atoms with Crippen molar-refractivity contribution >= 4 is 16.6 Å². The van der Waals surface area contributed by atoms with Crippen LogP contribution in [0.25, 0.3) is 22.5 Å². The van der Waals surface area contributed by atoms with Crippen molar-refractivity contribution in [3.8, 4) is 5.95 Å². The Bertz CT molecular complexity index is 1130. The number of aromatic nitrogens is 5. The normalized spacial score (nSPS) is 12.6. The van der Waals surface area contributed by atoms with Crippen LogP contribution in [0.4, 0.5) is 22.0 Å². The van der Waals surface area contributed by atoms with Gasteiger partial charge in [-0.1, -0.05) is 18.2 Å². The van der Waals surface area contributed by atoms with Crippen LogP contribution < -0.4 is 0 Å². The van der Waals surface area contributed by atoms with Gasteiger partial charge < -0.3 is 0 Å². The molecule has 1 aromatic carbocycles. The fourth-order valence-corrected chi connectivity index (χ4v) is 2.98. The first-order valence-corrected chi connectivity index (χ1v) is 7.45. The molecule has 0 bridgehead atoms. The zero-order valence-corrected chi connectivity index (χ0v) is 13.2. The van der Waals surface area contributed by atoms with Gasteiger partial charge in [-0.15, -0.1) is 0 Å². The Morgan fingerprint density at radius 2 is 1.88 bits per heavy atom. The van der Waals surface area contributed by atoms with Gasteiger partial charge in [-0.05, 0) is 18.6 Å². The summed E-state index contributed by atoms with van der Waals surface area (Å²) in [5.74, 6) is -0.265. The van der Waals surface area contributed by atoms with Crippen LogP contribution in [-0.4, -0.2) is 24.1 Å². The molecular weight excluding hydrogens is 357 g/mol. The molecule has 0 unspecified atom stereocenters. The first kappa shape index (κ1) is 16.4. The molecule has 0 fully saturated rings. The summed E-state index contributed by atoms with van der Waals surface area (Å²) in [5.41, 5.74) is -1.88. The quantitative estimate of drug-likeness (QED) is 0.496. The largest absolute Gasteiger partial charge is 0.433 e. The summed E-state index contributed by atoms with van der Waals surface area (Å²) in [6.07, 6.45) is -5.74. The zero-order valence-electron chi connectivity index (χ0n) is 13.2. The molecule has 10 heteroatoms. The number of aryl methyl sites for hydroxylation is 1. The van der Waals surface area contributed by atoms with Crippen LogP contribution in [0.2, 0.25) is 0 Å². The monoisotopic (exact) mass is 367 g/mol. The first-order chi connectivity index (χ1) is 12.3. The second kappa shape index (κ2) is 5.48. The molecule has 5 nitrogen and oxygen atoms in total. The molecule has 0 aliphatic rings. The van der Waals surface area contributed by atoms with E-state index in [2.05, 4.69) is 15.1 Å². The van der Waals surface area contributed by atoms with Gasteiger partial charge in [-0.25, -0.2) is 18.7 Å². The molecule has 0 radical (unpaired) electrons. The maximum Gasteiger partial charge on any atom is 0.433 e. The highest BCUT2D eigenvalue weighted by molar-refractivity contribution is 5.83. The number of nitrogens with zero attached hydrogens (tertiary/aromatic N) is 5. The lowest BCUT2D eigenvalue weighted by Crippen LogP contribution is -2.16. The third-order valence-electron chi connectivity index (χ3n) is 4.00. The van der Waals surface area contributed by atoms with E-state index in [1.165, 1.54) is 17.1 Å². The van der Waals surface area contributed by atoms with Gasteiger partial charge in [0, 0.05) is 11.6 Å². The van der Waals surface area contributed by atoms with Crippen molar-refractivity contribution in [2.75, 3.05) is 0 Å². The van der Waals surface area contributed by atoms with Gasteiger partial charge in [0.1, 0.15) is 11.3 Å². The van der Waals surface area contributed by atoms with E-state index >= 15 is 0 Å². The topological polar surface area (TPSA) is 48.0 Å². The van der Waals surface area contributed by atoms with E-state index in [1.807, 2.05) is 0 Å². The Morgan fingerprint density at radius 1 is 1.12 bits per heavy atom. The predicted molar refractivity (Wildman–Crippen MR) is 82.3 cm³/mol. The first-order valence-electron chi connectivity index (χ1n) is 7.45. The van der Waals surface area contributed by atoms with Crippen molar-refractivity contribution in [1.82, 2.24) is 24.1 Å². The molecule has 4 aromatic rings. The Balaban J connectivity index is 2.14. The maximum atomic E-state index is 13.5. The molecule has 0 N–H and O–H groups in total. The highest BCUT2D eigenvalue weighted by atomic mass is 19.4. The van der Waals surface area contributed by atoms with Crippen molar-refractivity contribution in [3.05, 3.63) is 53.6 Å². The van der Waals surface area contributed by atoms with Gasteiger partial charge >= 0.3 is 6.18 Å². The van der Waals surface area contributed by atoms with E-state index in [-0.39, 0.29) is 11.6 Å². The number of halogens is 5. The highest BCUT2D eigenvalue weighted by Gasteiger charge is 2.42. The molecular formula is C16H10F5N5. The van der Waals surface area contributed by atoms with Crippen LogP contribution in [0.5, 0.6) is 0 Å². The molecule has 0 aliphatic carbocycles. The fourth-order valence-electron chi connectivity index (χ4n) is 2.98. The van der Waals surface area contributed by atoms with E-state index in [9.17, 15) is 22.0 Å². The van der Waals surface area contributed by atoms with E-state index in [4.69, 9.17) is 0 Å². The molecule has 3 aromatic heterocycles. The fraction of sp³-hybridized carbons (Fsp3) is 0.188. The number of rotatable bonds is 2. The molecule has 26 heavy (non-hydrogen) atoms. The zero-order chi connectivity index (χ0) is 18.6. The molecule has 4 rings (SSSR count). The lowest BCUT2D eigenvalue weighted by molar-refractivity contribution is -0.143. The summed E-state index contributed by atoms with van der Waals surface area (Å²) in [6.45, 7) is 1.77. The van der Waals surface area contributed by atoms with Crippen LogP contribution in [0.1, 0.15) is 23.4 Å². The second-order valence-electron chi connectivity index (χ2n) is 5.65. The van der Waals surface area contributed by atoms with Crippen molar-refractivity contribution in [2.45, 2.75) is 19.5 Å². The Hall–Kier alpha value is -3.04. The smallest absolute Gasteiger partial charge is 0.256 e. The molecule has 0 saturated carbocycles. The van der Waals surface area contributed by atoms with Crippen LogP contribution >= 0.6 is 0 Å². The standard InChI is InChI=1S/C16H10F5N5/c1-8-3-2-4-9-7-23-26(12(8)9)15-22-6-5-10-24-11(14(17)18)13(25(10)15)16(19,20)21/h2-7,14H,1H3. The number of para-hydroxylation sites is 1. The summed E-state index contributed by atoms with van der Waals surface area (Å²) < 4.78 is 68.7. The van der Waals surface area contributed by atoms with E-state index in [1.54, 1.807) is 25.1 Å². The SMILES string of the molecule is Cc1cccc2cnn(-c3nccc4nc(C(F)F)c(C(F)(F)F)n34)c12. The lowest BCUT2D eigenvalue weighted by Gasteiger charge is -2.12. The summed E-state index contributed by atoms with van der Waals surface area (Å²) >= 11 is 0. The second-order valence-corrected chi connectivity index (χ2v) is 5.65. The minimum absolute atomic E-state index is 0.265. The van der Waals surface area contributed by atoms with Gasteiger partial charge in [0.2, 0.25) is 5.95 Å². The summed E-state index contributed by atoms with van der Waals surface area (Å²) in [4.78, 5) is 7.43. The average molecular weight is 367 g/mol. The summed E-state index contributed by atoms with van der Waals surface area (Å²) in [6, 6.07) is 6.44. The van der Waals surface area contributed by atoms with Gasteiger partial charge in [-0.3, -0.25) is 4.40 Å². The van der Waals surface area contributed by atoms with Gasteiger partial charge in [0.25, 0.3) is 6.43 Å². The minimum Gasteiger partial charge on any atom is -0.256 e. The number of imidazole rings is 1. The van der Waals surface area contributed by atoms with E-state index in [0.717, 1.165) is 11.6 Å². The molecule has 0 spiro atoms. The Morgan fingerprint density at radius 3 is 2.58 bits per heavy atom. The third kappa shape index (κ3) is 2.32. The average Bonchev–Trinajstić information content (AvgIpc) is 3.16. The molecule has 0 amide bonds. The van der Waals surface area contributed by atoms with Crippen LogP contribution in [0, 0.1) is 6.92 Å². The number of fused-ring (bicyclic) bond motifs is 2. The number of hydrogen-bond donors (Lipinski definition) is 0. The highest BCUT2D eigenvalue weighted by Crippen LogP contribution is 2.37. The van der Waals surface area contributed by atoms with Gasteiger partial charge in [-0.2, -0.15) is 23.0 Å². The van der Waals surface area contributed by atoms with Gasteiger partial charge in [0.15, 0.2) is 5.69 Å². The minimum atomic E-state index is -5.04. The van der Waals surface area contributed by atoms with Gasteiger partial charge in [0.05, 0.1) is 11.7 Å². The van der Waals surface area contributed by atoms with Crippen molar-refractivity contribution < 1.29 is 22.0 Å². The van der Waals surface area contributed by atoms with Crippen LogP contribution in [-0.2, 0) is 6.18 Å². The Labute approximate surface area is 142 Å². The third-order valence-corrected chi connectivity index (χ3v) is 4.00. The van der Waals surface area contributed by atoms with Crippen molar-refractivity contribution in [1.29, 1.82) is 0 Å². The maximum absolute atomic E-state index is 13.5. The molecule has 3 heterocycles. The molecule has 0 saturated heterocycles. The molecule has 134 valence electrons. The van der Waals surface area contributed by atoms with Crippen LogP contribution in [0.3, 0.4) is 0 Å². The summed E-state index contributed by atoms with van der Waals surface area (Å²) in [5, 5.41) is 4.79. The Kier molecular flexibility index (Phi) is 3.46.